The van der Waals surface area contributed by atoms with Crippen LogP contribution in [0.2, 0.25) is 0 Å². The standard InChI is InChI=1S/C27H31NO4S/c1-3-4-18-33(31,32)28(17-16-22-11-6-5-7-12-22)20-23-14-15-25(27(29)30)26(19-23)24-13-9-8-10-21(24)2/h5-15,19H,3-4,16-18,20H2,1-2H3,(H,29,30). The number of hydrogen-bond donors (Lipinski definition) is 1. The van der Waals surface area contributed by atoms with E-state index in [-0.39, 0.29) is 17.9 Å². The summed E-state index contributed by atoms with van der Waals surface area (Å²) in [7, 11) is -3.45. The molecule has 3 aromatic carbocycles. The fourth-order valence-corrected chi connectivity index (χ4v) is 5.48. The first-order chi connectivity index (χ1) is 15.8. The van der Waals surface area contributed by atoms with Crippen molar-refractivity contribution in [1.82, 2.24) is 4.31 Å². The van der Waals surface area contributed by atoms with Crippen LogP contribution in [0.3, 0.4) is 0 Å². The molecule has 174 valence electrons. The monoisotopic (exact) mass is 465 g/mol. The third kappa shape index (κ3) is 6.53. The molecule has 5 nitrogen and oxygen atoms in total. The van der Waals surface area contributed by atoms with E-state index in [9.17, 15) is 18.3 Å². The minimum atomic E-state index is -3.45. The van der Waals surface area contributed by atoms with Gasteiger partial charge in [-0.2, -0.15) is 4.31 Å². The van der Waals surface area contributed by atoms with E-state index in [1.54, 1.807) is 12.1 Å². The molecule has 33 heavy (non-hydrogen) atoms. The summed E-state index contributed by atoms with van der Waals surface area (Å²) in [4.78, 5) is 11.9. The van der Waals surface area contributed by atoms with Crippen LogP contribution in [0.5, 0.6) is 0 Å². The van der Waals surface area contributed by atoms with Crippen LogP contribution in [0.25, 0.3) is 11.1 Å². The number of benzene rings is 3. The summed E-state index contributed by atoms with van der Waals surface area (Å²) in [5.74, 6) is -0.896. The van der Waals surface area contributed by atoms with E-state index in [1.807, 2.05) is 74.5 Å². The van der Waals surface area contributed by atoms with Gasteiger partial charge >= 0.3 is 5.97 Å². The zero-order valence-electron chi connectivity index (χ0n) is 19.2. The van der Waals surface area contributed by atoms with Gasteiger partial charge in [-0.15, -0.1) is 0 Å². The summed E-state index contributed by atoms with van der Waals surface area (Å²) in [5.41, 5.74) is 4.46. The second-order valence-corrected chi connectivity index (χ2v) is 10.3. The Kier molecular flexibility index (Phi) is 8.42. The summed E-state index contributed by atoms with van der Waals surface area (Å²) < 4.78 is 27.8. The quantitative estimate of drug-likeness (QED) is 0.404. The van der Waals surface area contributed by atoms with Crippen molar-refractivity contribution in [3.05, 3.63) is 95.1 Å². The predicted octanol–water partition coefficient (Wildman–Crippen LogP) is 5.53. The molecular weight excluding hydrogens is 434 g/mol. The van der Waals surface area contributed by atoms with Crippen molar-refractivity contribution in [3.63, 3.8) is 0 Å². The highest BCUT2D eigenvalue weighted by molar-refractivity contribution is 7.89. The molecule has 0 aliphatic rings. The molecule has 1 N–H and O–H groups in total. The van der Waals surface area contributed by atoms with E-state index >= 15 is 0 Å². The molecule has 0 bridgehead atoms. The number of hydrogen-bond acceptors (Lipinski definition) is 3. The fraction of sp³-hybridized carbons (Fsp3) is 0.296. The molecule has 3 rings (SSSR count). The predicted molar refractivity (Wildman–Crippen MR) is 133 cm³/mol. The van der Waals surface area contributed by atoms with Crippen LogP contribution in [-0.4, -0.2) is 36.1 Å². The highest BCUT2D eigenvalue weighted by Crippen LogP contribution is 2.29. The maximum absolute atomic E-state index is 13.1. The van der Waals surface area contributed by atoms with Crippen molar-refractivity contribution in [2.45, 2.75) is 39.7 Å². The summed E-state index contributed by atoms with van der Waals surface area (Å²) >= 11 is 0. The van der Waals surface area contributed by atoms with Gasteiger partial charge in [-0.05, 0) is 59.7 Å². The van der Waals surface area contributed by atoms with Gasteiger partial charge in [0.15, 0.2) is 0 Å². The number of carboxylic acid groups (broad SMARTS) is 1. The molecule has 3 aromatic rings. The Labute approximate surface area is 196 Å². The summed E-state index contributed by atoms with van der Waals surface area (Å²) in [6, 6.07) is 22.6. The summed E-state index contributed by atoms with van der Waals surface area (Å²) in [6.45, 7) is 4.49. The minimum Gasteiger partial charge on any atom is -0.478 e. The first-order valence-corrected chi connectivity index (χ1v) is 12.9. The number of unbranched alkanes of at least 4 members (excludes halogenated alkanes) is 1. The molecule has 0 aliphatic heterocycles. The van der Waals surface area contributed by atoms with Crippen molar-refractivity contribution in [3.8, 4) is 11.1 Å². The lowest BCUT2D eigenvalue weighted by molar-refractivity contribution is 0.0697. The number of carbonyl (C=O) groups is 1. The van der Waals surface area contributed by atoms with Crippen LogP contribution in [0.15, 0.2) is 72.8 Å². The maximum atomic E-state index is 13.1. The normalized spacial score (nSPS) is 11.6. The molecule has 0 atom stereocenters. The smallest absolute Gasteiger partial charge is 0.336 e. The Bertz CT molecular complexity index is 1190. The molecule has 0 radical (unpaired) electrons. The van der Waals surface area contributed by atoms with Gasteiger partial charge < -0.3 is 5.11 Å². The first kappa shape index (κ1) is 24.7. The van der Waals surface area contributed by atoms with Crippen molar-refractivity contribution < 1.29 is 18.3 Å². The minimum absolute atomic E-state index is 0.107. The second-order valence-electron chi connectivity index (χ2n) is 8.24. The van der Waals surface area contributed by atoms with Crippen molar-refractivity contribution in [1.29, 1.82) is 0 Å². The fourth-order valence-electron chi connectivity index (χ4n) is 3.85. The summed E-state index contributed by atoms with van der Waals surface area (Å²) in [5, 5.41) is 9.72. The van der Waals surface area contributed by atoms with Gasteiger partial charge in [-0.1, -0.05) is 74.0 Å². The molecule has 0 aliphatic carbocycles. The van der Waals surface area contributed by atoms with Gasteiger partial charge in [0.2, 0.25) is 10.0 Å². The molecule has 0 saturated heterocycles. The molecule has 0 heterocycles. The van der Waals surface area contributed by atoms with E-state index in [1.165, 1.54) is 4.31 Å². The highest BCUT2D eigenvalue weighted by atomic mass is 32.2. The van der Waals surface area contributed by atoms with E-state index in [4.69, 9.17) is 0 Å². The number of sulfonamides is 1. The van der Waals surface area contributed by atoms with Crippen LogP contribution >= 0.6 is 0 Å². The number of aryl methyl sites for hydroxylation is 1. The number of nitrogens with zero attached hydrogens (tertiary/aromatic N) is 1. The number of rotatable bonds is 11. The van der Waals surface area contributed by atoms with E-state index in [0.29, 0.717) is 24.9 Å². The van der Waals surface area contributed by atoms with E-state index < -0.39 is 16.0 Å². The van der Waals surface area contributed by atoms with Crippen molar-refractivity contribution >= 4 is 16.0 Å². The molecule has 6 heteroatoms. The van der Waals surface area contributed by atoms with E-state index in [0.717, 1.165) is 28.7 Å². The zero-order valence-corrected chi connectivity index (χ0v) is 20.0. The lowest BCUT2D eigenvalue weighted by Crippen LogP contribution is -2.34. The first-order valence-electron chi connectivity index (χ1n) is 11.3. The Morgan fingerprint density at radius 2 is 1.61 bits per heavy atom. The Morgan fingerprint density at radius 1 is 0.909 bits per heavy atom. The van der Waals surface area contributed by atoms with Crippen LogP contribution in [0.1, 0.15) is 46.8 Å². The van der Waals surface area contributed by atoms with Crippen LogP contribution in [-0.2, 0) is 23.0 Å². The SMILES string of the molecule is CCCCS(=O)(=O)N(CCc1ccccc1)Cc1ccc(C(=O)O)c(-c2ccccc2C)c1. The molecule has 0 fully saturated rings. The molecule has 0 aromatic heterocycles. The largest absolute Gasteiger partial charge is 0.478 e. The number of aromatic carboxylic acids is 1. The van der Waals surface area contributed by atoms with Gasteiger partial charge in [0.25, 0.3) is 0 Å². The lowest BCUT2D eigenvalue weighted by atomic mass is 9.94. The molecular formula is C27H31NO4S. The second kappa shape index (κ2) is 11.3. The Morgan fingerprint density at radius 3 is 2.27 bits per heavy atom. The number of carboxylic acids is 1. The third-order valence-corrected chi connectivity index (χ3v) is 7.65. The van der Waals surface area contributed by atoms with Gasteiger partial charge in [0.05, 0.1) is 11.3 Å². The molecule has 0 amide bonds. The summed E-state index contributed by atoms with van der Waals surface area (Å²) in [6.07, 6.45) is 2.02. The molecule has 0 saturated carbocycles. The average molecular weight is 466 g/mol. The van der Waals surface area contributed by atoms with Crippen molar-refractivity contribution in [2.24, 2.45) is 0 Å². The topological polar surface area (TPSA) is 74.7 Å². The average Bonchev–Trinajstić information content (AvgIpc) is 2.81. The van der Waals surface area contributed by atoms with Crippen molar-refractivity contribution in [2.75, 3.05) is 12.3 Å². The van der Waals surface area contributed by atoms with Gasteiger partial charge in [0, 0.05) is 13.1 Å². The lowest BCUT2D eigenvalue weighted by Gasteiger charge is -2.23. The van der Waals surface area contributed by atoms with E-state index in [2.05, 4.69) is 0 Å². The Hall–Kier alpha value is -2.96. The van der Waals surface area contributed by atoms with Crippen LogP contribution < -0.4 is 0 Å². The Balaban J connectivity index is 1.95. The molecule has 0 spiro atoms. The third-order valence-electron chi connectivity index (χ3n) is 5.75. The van der Waals surface area contributed by atoms with Crippen LogP contribution in [0, 0.1) is 6.92 Å². The van der Waals surface area contributed by atoms with Gasteiger partial charge in [-0.25, -0.2) is 13.2 Å². The highest BCUT2D eigenvalue weighted by Gasteiger charge is 2.23. The van der Waals surface area contributed by atoms with Gasteiger partial charge in [0.1, 0.15) is 0 Å². The van der Waals surface area contributed by atoms with Crippen LogP contribution in [0.4, 0.5) is 0 Å². The zero-order chi connectivity index (χ0) is 23.8. The maximum Gasteiger partial charge on any atom is 0.336 e. The van der Waals surface area contributed by atoms with Gasteiger partial charge in [-0.3, -0.25) is 0 Å². The molecule has 0 unspecified atom stereocenters.